The summed E-state index contributed by atoms with van der Waals surface area (Å²) >= 11 is 0. The van der Waals surface area contributed by atoms with Gasteiger partial charge in [-0.15, -0.1) is 12.4 Å². The first kappa shape index (κ1) is 14.8. The maximum atomic E-state index is 12.0. The molecule has 0 bridgehead atoms. The van der Waals surface area contributed by atoms with Gasteiger partial charge in [0.1, 0.15) is 5.54 Å². The fraction of sp³-hybridized carbons (Fsp3) is 0.500. The number of halogens is 1. The summed E-state index contributed by atoms with van der Waals surface area (Å²) in [6.07, 6.45) is 5.07. The topological polar surface area (TPSA) is 38.3 Å². The molecular weight excluding hydrogens is 250 g/mol. The second kappa shape index (κ2) is 6.64. The minimum absolute atomic E-state index is 0. The first-order chi connectivity index (χ1) is 8.27. The van der Waals surface area contributed by atoms with Gasteiger partial charge in [0.15, 0.2) is 0 Å². The molecule has 1 fully saturated rings. The second-order valence-electron chi connectivity index (χ2n) is 4.63. The van der Waals surface area contributed by atoms with E-state index in [1.54, 1.807) is 0 Å². The Morgan fingerprint density at radius 3 is 2.33 bits per heavy atom. The zero-order valence-corrected chi connectivity index (χ0v) is 11.5. The number of carbonyl (C=O) groups excluding carboxylic acids is 1. The number of rotatable bonds is 3. The molecule has 0 saturated heterocycles. The lowest BCUT2D eigenvalue weighted by Crippen LogP contribution is -2.48. The molecule has 1 aliphatic carbocycles. The van der Waals surface area contributed by atoms with Gasteiger partial charge in [-0.3, -0.25) is 0 Å². The number of methoxy groups -OCH3 is 1. The van der Waals surface area contributed by atoms with Crippen LogP contribution in [0, 0.1) is 0 Å². The molecule has 0 aromatic heterocycles. The van der Waals surface area contributed by atoms with Crippen molar-refractivity contribution in [3.05, 3.63) is 30.3 Å². The third-order valence-corrected chi connectivity index (χ3v) is 3.44. The molecule has 100 valence electrons. The van der Waals surface area contributed by atoms with E-state index in [1.807, 2.05) is 30.3 Å². The van der Waals surface area contributed by atoms with E-state index in [-0.39, 0.29) is 18.4 Å². The van der Waals surface area contributed by atoms with Crippen molar-refractivity contribution in [2.75, 3.05) is 12.4 Å². The standard InChI is InChI=1S/C14H19NO2.ClH/c1-17-13(16)14(10-6-3-7-11-14)15-12-8-4-2-5-9-12;/h2,4-5,8-9,15H,3,6-7,10-11H2,1H3;1H. The Labute approximate surface area is 114 Å². The lowest BCUT2D eigenvalue weighted by atomic mass is 9.81. The van der Waals surface area contributed by atoms with Crippen molar-refractivity contribution in [2.24, 2.45) is 0 Å². The fourth-order valence-corrected chi connectivity index (χ4v) is 2.53. The molecule has 1 aliphatic rings. The zero-order valence-electron chi connectivity index (χ0n) is 10.6. The van der Waals surface area contributed by atoms with E-state index < -0.39 is 5.54 Å². The van der Waals surface area contributed by atoms with E-state index in [9.17, 15) is 4.79 Å². The largest absolute Gasteiger partial charge is 0.467 e. The summed E-state index contributed by atoms with van der Waals surface area (Å²) in [6, 6.07) is 9.88. The number of hydrogen-bond donors (Lipinski definition) is 1. The third kappa shape index (κ3) is 3.16. The molecule has 4 heteroatoms. The highest BCUT2D eigenvalue weighted by atomic mass is 35.5. The predicted molar refractivity (Wildman–Crippen MR) is 75.1 cm³/mol. The monoisotopic (exact) mass is 269 g/mol. The Morgan fingerprint density at radius 2 is 1.78 bits per heavy atom. The maximum absolute atomic E-state index is 12.0. The average Bonchev–Trinajstić information content (AvgIpc) is 2.40. The molecule has 1 N–H and O–H groups in total. The molecule has 0 unspecified atom stereocenters. The van der Waals surface area contributed by atoms with Gasteiger partial charge in [0.05, 0.1) is 7.11 Å². The predicted octanol–water partition coefficient (Wildman–Crippen LogP) is 3.40. The van der Waals surface area contributed by atoms with Gasteiger partial charge in [0.25, 0.3) is 0 Å². The smallest absolute Gasteiger partial charge is 0.331 e. The second-order valence-corrected chi connectivity index (χ2v) is 4.63. The molecule has 3 nitrogen and oxygen atoms in total. The number of anilines is 1. The van der Waals surface area contributed by atoms with Crippen LogP contribution in [0.15, 0.2) is 30.3 Å². The molecule has 0 heterocycles. The van der Waals surface area contributed by atoms with Crippen LogP contribution in [-0.2, 0) is 9.53 Å². The zero-order chi connectivity index (χ0) is 12.1. The highest BCUT2D eigenvalue weighted by molar-refractivity contribution is 5.85. The van der Waals surface area contributed by atoms with Crippen molar-refractivity contribution in [3.63, 3.8) is 0 Å². The number of ether oxygens (including phenoxy) is 1. The highest BCUT2D eigenvalue weighted by Gasteiger charge is 2.40. The number of para-hydroxylation sites is 1. The Kier molecular flexibility index (Phi) is 5.48. The summed E-state index contributed by atoms with van der Waals surface area (Å²) in [5.41, 5.74) is 0.466. The van der Waals surface area contributed by atoms with Crippen molar-refractivity contribution in [2.45, 2.75) is 37.6 Å². The van der Waals surface area contributed by atoms with Crippen LogP contribution in [0.2, 0.25) is 0 Å². The van der Waals surface area contributed by atoms with Crippen LogP contribution in [0.1, 0.15) is 32.1 Å². The van der Waals surface area contributed by atoms with Gasteiger partial charge in [0.2, 0.25) is 0 Å². The lowest BCUT2D eigenvalue weighted by molar-refractivity contribution is -0.147. The van der Waals surface area contributed by atoms with Gasteiger partial charge in [0, 0.05) is 5.69 Å². The Hall–Kier alpha value is -1.22. The summed E-state index contributed by atoms with van der Waals surface area (Å²) < 4.78 is 4.96. The van der Waals surface area contributed by atoms with Crippen molar-refractivity contribution < 1.29 is 9.53 Å². The SMILES string of the molecule is COC(=O)C1(Nc2ccccc2)CCCCC1.Cl. The number of benzene rings is 1. The van der Waals surface area contributed by atoms with Crippen LogP contribution in [0.5, 0.6) is 0 Å². The summed E-state index contributed by atoms with van der Waals surface area (Å²) in [5, 5.41) is 3.37. The summed E-state index contributed by atoms with van der Waals surface area (Å²) in [5.74, 6) is -0.138. The van der Waals surface area contributed by atoms with E-state index >= 15 is 0 Å². The van der Waals surface area contributed by atoms with Crippen LogP contribution >= 0.6 is 12.4 Å². The van der Waals surface area contributed by atoms with E-state index in [0.29, 0.717) is 0 Å². The third-order valence-electron chi connectivity index (χ3n) is 3.44. The van der Waals surface area contributed by atoms with Crippen LogP contribution < -0.4 is 5.32 Å². The molecular formula is C14H20ClNO2. The van der Waals surface area contributed by atoms with Crippen LogP contribution in [0.3, 0.4) is 0 Å². The van der Waals surface area contributed by atoms with Crippen LogP contribution in [0.25, 0.3) is 0 Å². The molecule has 1 saturated carbocycles. The van der Waals surface area contributed by atoms with E-state index in [4.69, 9.17) is 4.74 Å². The van der Waals surface area contributed by atoms with E-state index in [1.165, 1.54) is 13.5 Å². The van der Waals surface area contributed by atoms with Gasteiger partial charge in [-0.2, -0.15) is 0 Å². The van der Waals surface area contributed by atoms with Crippen LogP contribution in [0.4, 0.5) is 5.69 Å². The van der Waals surface area contributed by atoms with Gasteiger partial charge in [-0.1, -0.05) is 37.5 Å². The summed E-state index contributed by atoms with van der Waals surface area (Å²) in [7, 11) is 1.46. The molecule has 0 aliphatic heterocycles. The minimum atomic E-state index is -0.519. The summed E-state index contributed by atoms with van der Waals surface area (Å²) in [4.78, 5) is 12.0. The molecule has 0 amide bonds. The van der Waals surface area contributed by atoms with Gasteiger partial charge in [-0.25, -0.2) is 4.79 Å². The van der Waals surface area contributed by atoms with Crippen molar-refractivity contribution in [1.29, 1.82) is 0 Å². The number of hydrogen-bond acceptors (Lipinski definition) is 3. The normalized spacial score (nSPS) is 17.4. The van der Waals surface area contributed by atoms with Gasteiger partial charge in [-0.05, 0) is 25.0 Å². The quantitative estimate of drug-likeness (QED) is 0.855. The van der Waals surface area contributed by atoms with Crippen LogP contribution in [-0.4, -0.2) is 18.6 Å². The minimum Gasteiger partial charge on any atom is -0.467 e. The fourth-order valence-electron chi connectivity index (χ4n) is 2.53. The van der Waals surface area contributed by atoms with E-state index in [0.717, 1.165) is 31.4 Å². The molecule has 1 aromatic rings. The van der Waals surface area contributed by atoms with Crippen molar-refractivity contribution >= 4 is 24.1 Å². The number of esters is 1. The molecule has 2 rings (SSSR count). The van der Waals surface area contributed by atoms with E-state index in [2.05, 4.69) is 5.32 Å². The van der Waals surface area contributed by atoms with Crippen molar-refractivity contribution in [3.8, 4) is 0 Å². The molecule has 0 radical (unpaired) electrons. The molecule has 1 aromatic carbocycles. The highest BCUT2D eigenvalue weighted by Crippen LogP contribution is 2.32. The van der Waals surface area contributed by atoms with Gasteiger partial charge < -0.3 is 10.1 Å². The first-order valence-electron chi connectivity index (χ1n) is 6.18. The Morgan fingerprint density at radius 1 is 1.17 bits per heavy atom. The average molecular weight is 270 g/mol. The molecule has 0 atom stereocenters. The Balaban J connectivity index is 0.00000162. The first-order valence-corrected chi connectivity index (χ1v) is 6.18. The lowest BCUT2D eigenvalue weighted by Gasteiger charge is -2.36. The number of carbonyl (C=O) groups is 1. The Bertz CT molecular complexity index is 375. The van der Waals surface area contributed by atoms with Gasteiger partial charge >= 0.3 is 5.97 Å². The summed E-state index contributed by atoms with van der Waals surface area (Å²) in [6.45, 7) is 0. The molecule has 18 heavy (non-hydrogen) atoms. The molecule has 0 spiro atoms. The van der Waals surface area contributed by atoms with Crippen molar-refractivity contribution in [1.82, 2.24) is 0 Å². The number of nitrogens with one attached hydrogen (secondary N) is 1. The maximum Gasteiger partial charge on any atom is 0.331 e.